The Bertz CT molecular complexity index is 1720. The Balaban J connectivity index is 1.51. The number of aromatic nitrogens is 2. The fourth-order valence-electron chi connectivity index (χ4n) is 4.34. The first-order valence-electron chi connectivity index (χ1n) is 13.0. The van der Waals surface area contributed by atoms with E-state index in [4.69, 9.17) is 4.74 Å². The molecule has 0 radical (unpaired) electrons. The number of para-hydroxylation sites is 1. The minimum absolute atomic E-state index is 0.00581. The number of aromatic carboxylic acids is 1. The molecule has 0 spiro atoms. The van der Waals surface area contributed by atoms with Crippen LogP contribution < -0.4 is 10.0 Å². The van der Waals surface area contributed by atoms with Crippen LogP contribution in [0.2, 0.25) is 0 Å². The topological polar surface area (TPSA) is 140 Å². The monoisotopic (exact) mass is 618 g/mol. The van der Waals surface area contributed by atoms with Gasteiger partial charge in [-0.05, 0) is 62.2 Å². The third kappa shape index (κ3) is 7.90. The van der Waals surface area contributed by atoms with Crippen molar-refractivity contribution in [3.05, 3.63) is 90.3 Å². The highest BCUT2D eigenvalue weighted by Crippen LogP contribution is 2.27. The number of fused-ring (bicyclic) bond motifs is 1. The van der Waals surface area contributed by atoms with Gasteiger partial charge in [0.05, 0.1) is 22.3 Å². The van der Waals surface area contributed by atoms with Gasteiger partial charge < -0.3 is 19.7 Å². The van der Waals surface area contributed by atoms with Crippen LogP contribution in [0.15, 0.2) is 84.0 Å². The van der Waals surface area contributed by atoms with E-state index in [0.29, 0.717) is 24.0 Å². The van der Waals surface area contributed by atoms with E-state index < -0.39 is 39.8 Å². The van der Waals surface area contributed by atoms with Crippen molar-refractivity contribution in [1.29, 1.82) is 0 Å². The Hall–Kier alpha value is -4.43. The second-order valence-corrected chi connectivity index (χ2v) is 12.0. The molecule has 0 saturated carbocycles. The number of halogens is 3. The molecule has 1 atom stereocenters. The zero-order valence-corrected chi connectivity index (χ0v) is 23.9. The van der Waals surface area contributed by atoms with Gasteiger partial charge in [0.15, 0.2) is 0 Å². The minimum Gasteiger partial charge on any atom is -0.478 e. The third-order valence-corrected chi connectivity index (χ3v) is 8.07. The van der Waals surface area contributed by atoms with E-state index in [1.54, 1.807) is 34.9 Å². The average Bonchev–Trinajstić information content (AvgIpc) is 3.37. The van der Waals surface area contributed by atoms with Crippen molar-refractivity contribution in [3.63, 3.8) is 0 Å². The lowest BCUT2D eigenvalue weighted by atomic mass is 9.99. The zero-order valence-electron chi connectivity index (χ0n) is 23.1. The molecule has 10 nitrogen and oxygen atoms in total. The molecular formula is C29H29F3N4O6S. The second-order valence-electron chi connectivity index (χ2n) is 10.4. The summed E-state index contributed by atoms with van der Waals surface area (Å²) in [6.07, 6.45) is -4.70. The lowest BCUT2D eigenvalue weighted by Crippen LogP contribution is -2.43. The van der Waals surface area contributed by atoms with E-state index in [1.165, 1.54) is 48.8 Å². The summed E-state index contributed by atoms with van der Waals surface area (Å²) in [5.41, 5.74) is 0.523. The van der Waals surface area contributed by atoms with Gasteiger partial charge in [-0.3, -0.25) is 4.72 Å². The number of alkyl halides is 3. The van der Waals surface area contributed by atoms with Crippen molar-refractivity contribution in [1.82, 2.24) is 14.9 Å². The zero-order chi connectivity index (χ0) is 31.4. The van der Waals surface area contributed by atoms with E-state index in [2.05, 4.69) is 15.0 Å². The summed E-state index contributed by atoms with van der Waals surface area (Å²) in [6, 6.07) is 17.9. The summed E-state index contributed by atoms with van der Waals surface area (Å²) in [5, 5.41) is 12.5. The molecule has 43 heavy (non-hydrogen) atoms. The average molecular weight is 619 g/mol. The number of nitrogens with one attached hydrogen (secondary N) is 2. The van der Waals surface area contributed by atoms with Gasteiger partial charge in [-0.25, -0.2) is 23.0 Å². The largest absolute Gasteiger partial charge is 0.490 e. The summed E-state index contributed by atoms with van der Waals surface area (Å²) in [6.45, 7) is 3.78. The first-order chi connectivity index (χ1) is 20.2. The normalized spacial score (nSPS) is 13.0. The Morgan fingerprint density at radius 3 is 2.40 bits per heavy atom. The Morgan fingerprint density at radius 1 is 1.02 bits per heavy atom. The summed E-state index contributed by atoms with van der Waals surface area (Å²) in [5.74, 6) is -3.49. The molecule has 4 rings (SSSR count). The molecule has 0 aliphatic carbocycles. The molecule has 1 heterocycles. The molecule has 0 amide bonds. The number of benzene rings is 3. The first-order valence-corrected chi connectivity index (χ1v) is 14.5. The number of carboxylic acids is 1. The third-order valence-electron chi connectivity index (χ3n) is 6.67. The van der Waals surface area contributed by atoms with Crippen LogP contribution >= 0.6 is 0 Å². The highest BCUT2D eigenvalue weighted by atomic mass is 32.2. The molecule has 14 heteroatoms. The molecule has 3 aromatic carbocycles. The van der Waals surface area contributed by atoms with Gasteiger partial charge in [0.25, 0.3) is 10.0 Å². The van der Waals surface area contributed by atoms with Crippen LogP contribution in [0.1, 0.15) is 42.3 Å². The number of anilines is 1. The second kappa shape index (κ2) is 12.4. The number of rotatable bonds is 12. The summed E-state index contributed by atoms with van der Waals surface area (Å²) in [4.78, 5) is 27.5. The predicted octanol–water partition coefficient (Wildman–Crippen LogP) is 5.14. The Morgan fingerprint density at radius 2 is 1.72 bits per heavy atom. The number of imidazole rings is 1. The number of carbonyl (C=O) groups is 2. The maximum atomic E-state index is 13.1. The Labute approximate surface area is 245 Å². The van der Waals surface area contributed by atoms with Crippen molar-refractivity contribution < 1.29 is 41.0 Å². The highest BCUT2D eigenvalue weighted by molar-refractivity contribution is 7.92. The van der Waals surface area contributed by atoms with Gasteiger partial charge in [0.1, 0.15) is 11.6 Å². The van der Waals surface area contributed by atoms with Crippen molar-refractivity contribution in [2.45, 2.75) is 49.5 Å². The number of carboxylic acid groups (broad SMARTS) is 1. The number of carbonyl (C=O) groups excluding carboxylic acids is 1. The molecule has 0 aliphatic heterocycles. The Kier molecular flexibility index (Phi) is 9.11. The van der Waals surface area contributed by atoms with Gasteiger partial charge in [-0.2, -0.15) is 13.2 Å². The fourth-order valence-corrected chi connectivity index (χ4v) is 5.41. The van der Waals surface area contributed by atoms with Crippen LogP contribution in [-0.4, -0.2) is 53.3 Å². The summed E-state index contributed by atoms with van der Waals surface area (Å²) < 4.78 is 73.9. The molecular weight excluding hydrogens is 589 g/mol. The molecule has 228 valence electrons. The highest BCUT2D eigenvalue weighted by Gasteiger charge is 2.42. The number of hydrogen-bond acceptors (Lipinski definition) is 7. The van der Waals surface area contributed by atoms with Crippen LogP contribution in [0.3, 0.4) is 0 Å². The van der Waals surface area contributed by atoms with E-state index in [0.717, 1.165) is 0 Å². The number of nitrogens with zero attached hydrogens (tertiary/aromatic N) is 2. The molecule has 0 saturated heterocycles. The van der Waals surface area contributed by atoms with E-state index in [9.17, 15) is 36.3 Å². The molecule has 1 unspecified atom stereocenters. The molecule has 1 aromatic heterocycles. The standard InChI is InChI=1S/C29H29F3N4O6S/c1-28(2,14-15-36-18-33-25-22(26(37)38)12-7-13-23(25)36)34-17-24(42-27(39)29(30,31)32)19-8-6-9-20(16-19)35-43(40,41)21-10-4-3-5-11-21/h3-13,16,18,24,34-35H,14-15,17H2,1-2H3,(H,37,38). The predicted molar refractivity (Wildman–Crippen MR) is 152 cm³/mol. The fraction of sp³-hybridized carbons (Fsp3) is 0.276. The van der Waals surface area contributed by atoms with Crippen LogP contribution in [0.5, 0.6) is 0 Å². The van der Waals surface area contributed by atoms with Crippen LogP contribution in [0.25, 0.3) is 11.0 Å². The van der Waals surface area contributed by atoms with Crippen molar-refractivity contribution in [2.24, 2.45) is 0 Å². The molecule has 0 bridgehead atoms. The van der Waals surface area contributed by atoms with Gasteiger partial charge in [-0.1, -0.05) is 36.4 Å². The van der Waals surface area contributed by atoms with Crippen molar-refractivity contribution >= 4 is 38.7 Å². The lowest BCUT2D eigenvalue weighted by molar-refractivity contribution is -0.205. The smallest absolute Gasteiger partial charge is 0.478 e. The maximum absolute atomic E-state index is 13.1. The van der Waals surface area contributed by atoms with E-state index >= 15 is 0 Å². The summed E-state index contributed by atoms with van der Waals surface area (Å²) >= 11 is 0. The van der Waals surface area contributed by atoms with Gasteiger partial charge in [0.2, 0.25) is 0 Å². The molecule has 4 aromatic rings. The van der Waals surface area contributed by atoms with Gasteiger partial charge in [0, 0.05) is 24.3 Å². The molecule has 3 N–H and O–H groups in total. The summed E-state index contributed by atoms with van der Waals surface area (Å²) in [7, 11) is -3.98. The maximum Gasteiger partial charge on any atom is 0.490 e. The molecule has 0 aliphatic rings. The van der Waals surface area contributed by atoms with Crippen LogP contribution in [0.4, 0.5) is 18.9 Å². The lowest BCUT2D eigenvalue weighted by Gasteiger charge is -2.30. The van der Waals surface area contributed by atoms with Crippen molar-refractivity contribution in [3.8, 4) is 0 Å². The number of sulfonamides is 1. The minimum atomic E-state index is -5.24. The number of hydrogen-bond donors (Lipinski definition) is 3. The van der Waals surface area contributed by atoms with Crippen molar-refractivity contribution in [2.75, 3.05) is 11.3 Å². The van der Waals surface area contributed by atoms with E-state index in [-0.39, 0.29) is 28.3 Å². The quantitative estimate of drug-likeness (QED) is 0.186. The van der Waals surface area contributed by atoms with Crippen LogP contribution in [0, 0.1) is 0 Å². The van der Waals surface area contributed by atoms with E-state index in [1.807, 2.05) is 13.8 Å². The number of ether oxygens (including phenoxy) is 1. The van der Waals surface area contributed by atoms with Gasteiger partial charge in [-0.15, -0.1) is 0 Å². The molecule has 0 fully saturated rings. The SMILES string of the molecule is CC(C)(CCn1cnc2c(C(=O)O)cccc21)NCC(OC(=O)C(F)(F)F)c1cccc(NS(=O)(=O)c2ccccc2)c1. The van der Waals surface area contributed by atoms with Crippen LogP contribution in [-0.2, 0) is 26.1 Å². The number of aryl methyl sites for hydroxylation is 1. The van der Waals surface area contributed by atoms with Gasteiger partial charge >= 0.3 is 18.1 Å². The number of esters is 1. The first kappa shape index (κ1) is 31.5.